The van der Waals surface area contributed by atoms with E-state index in [1.54, 1.807) is 5.56 Å². The molecule has 0 N–H and O–H groups in total. The Morgan fingerprint density at radius 3 is 1.06 bits per heavy atom. The van der Waals surface area contributed by atoms with Gasteiger partial charge in [-0.05, 0) is 453 Å². The van der Waals surface area contributed by atoms with E-state index in [1.165, 1.54) is 203 Å². The van der Waals surface area contributed by atoms with Crippen molar-refractivity contribution in [2.45, 2.75) is 410 Å². The third-order valence-electron chi connectivity index (χ3n) is 42.2. The number of anilines is 15. The maximum Gasteiger partial charge on any atom is 0.297 e. The van der Waals surface area contributed by atoms with Gasteiger partial charge in [0.2, 0.25) is 0 Å². The molecule has 1 fully saturated rings. The lowest BCUT2D eigenvalue weighted by Gasteiger charge is -2.47. The van der Waals surface area contributed by atoms with Crippen LogP contribution in [0, 0.1) is 6.92 Å². The molecule has 764 valence electrons. The molecule has 0 amide bonds. The van der Waals surface area contributed by atoms with Crippen molar-refractivity contribution in [1.29, 1.82) is 0 Å². The highest BCUT2D eigenvalue weighted by atomic mass is 16.3. The second-order valence-electron chi connectivity index (χ2n) is 59.4. The lowest BCUT2D eigenvalue weighted by atomic mass is 9.35. The summed E-state index contributed by atoms with van der Waals surface area (Å²) < 4.78 is 16.3. The predicted molar refractivity (Wildman–Crippen MR) is 635 cm³/mol. The lowest BCUT2D eigenvalue weighted by Crippen LogP contribution is -2.61. The van der Waals surface area contributed by atoms with Crippen LogP contribution in [0.4, 0.5) is 85.3 Å². The standard InChI is InChI=1S/C140H161B2N5O2/c1-83-67-113-119-114(68-83)146(87-41-37-84(38-42-87)125(2,3)4)122-94-75-107-108(81-118(94)149-124(122)141(119)109-76-102-104(134(22,23)58-56-132(102,18)19)78-111(109)144(113)90-45-48-95-98(70-90)129(12,13)53-51-127(95,8)9)140(66-64-139(107,31)82-140)65-63-138(30)62-61-137(28,29)100-69-89(47-50-97(100)138)143(86-35-33-32-34-36-86)92-72-115-120-116(73-92)147(88-43-39-85(40-44-88)126(5,6)7)121-93-74-101-106(136(26,27)60-55-131(101,16)17)80-117(93)148-123(121)142(120)110-77-103-105(135(24,25)59-57-133(103,20)21)79-112(110)145(115)91-46-49-96-99(71-91)130(14,15)54-52-128(96,10)11/h32-50,67-81H,51-66,82H2,1-31H3. The first-order chi connectivity index (χ1) is 69.8. The van der Waals surface area contributed by atoms with E-state index in [-0.39, 0.29) is 100 Å². The van der Waals surface area contributed by atoms with Crippen LogP contribution in [0.25, 0.3) is 21.9 Å². The Balaban J connectivity index is 0.641. The van der Waals surface area contributed by atoms with E-state index >= 15 is 0 Å². The van der Waals surface area contributed by atoms with Gasteiger partial charge in [0, 0.05) is 79.0 Å². The Kier molecular flexibility index (Phi) is 20.3. The molecule has 6 heterocycles. The summed E-state index contributed by atoms with van der Waals surface area (Å²) in [5, 5.41) is 2.42. The summed E-state index contributed by atoms with van der Waals surface area (Å²) in [6, 6.07) is 85.7. The number of benzene rings is 12. The first-order valence-electron chi connectivity index (χ1n) is 57.5. The zero-order valence-corrected chi connectivity index (χ0v) is 95.9. The van der Waals surface area contributed by atoms with Crippen molar-refractivity contribution >= 4 is 154 Å². The van der Waals surface area contributed by atoms with Crippen LogP contribution in [0.2, 0.25) is 0 Å². The van der Waals surface area contributed by atoms with Gasteiger partial charge >= 0.3 is 0 Å². The molecule has 9 heteroatoms. The second-order valence-corrected chi connectivity index (χ2v) is 59.4. The Bertz CT molecular complexity index is 8070. The number of para-hydroxylation sites is 1. The molecule has 149 heavy (non-hydrogen) atoms. The average Bonchev–Trinajstić information content (AvgIpc) is 1.58. The maximum atomic E-state index is 8.22. The number of nitrogens with zero attached hydrogens (tertiary/aromatic N) is 5. The summed E-state index contributed by atoms with van der Waals surface area (Å²) in [5.41, 5.74) is 51.4. The van der Waals surface area contributed by atoms with Crippen molar-refractivity contribution in [3.8, 4) is 0 Å². The molecular weight excluding hydrogens is 1810 g/mol. The minimum Gasteiger partial charge on any atom is -0.468 e. The fourth-order valence-corrected chi connectivity index (χ4v) is 31.8. The number of fused-ring (bicyclic) bond motifs is 23. The lowest BCUT2D eigenvalue weighted by molar-refractivity contribution is 0.262. The van der Waals surface area contributed by atoms with E-state index in [4.69, 9.17) is 8.83 Å². The van der Waals surface area contributed by atoms with Crippen LogP contribution in [-0.4, -0.2) is 13.4 Å². The zero-order valence-electron chi connectivity index (χ0n) is 95.9. The average molecular weight is 1970 g/mol. The molecule has 4 aliphatic heterocycles. The minimum absolute atomic E-state index is 0.00421. The van der Waals surface area contributed by atoms with Gasteiger partial charge in [0.15, 0.2) is 0 Å². The summed E-state index contributed by atoms with van der Waals surface area (Å²) in [4.78, 5) is 13.5. The molecule has 8 aliphatic carbocycles. The first-order valence-corrected chi connectivity index (χ1v) is 57.5. The highest BCUT2D eigenvalue weighted by Crippen LogP contribution is 2.67. The normalized spacial score (nSPS) is 23.4. The number of hydrogen-bond donors (Lipinski definition) is 0. The number of rotatable bonds is 10. The van der Waals surface area contributed by atoms with Crippen molar-refractivity contribution < 1.29 is 8.83 Å². The summed E-state index contributed by atoms with van der Waals surface area (Å²) in [7, 11) is 0. The van der Waals surface area contributed by atoms with Crippen LogP contribution in [0.15, 0.2) is 215 Å². The summed E-state index contributed by atoms with van der Waals surface area (Å²) in [6.45, 7) is 76.5. The highest BCUT2D eigenvalue weighted by Gasteiger charge is 2.60. The number of aryl methyl sites for hydroxylation is 1. The summed E-state index contributed by atoms with van der Waals surface area (Å²) >= 11 is 0. The molecule has 1 saturated carbocycles. The van der Waals surface area contributed by atoms with Crippen molar-refractivity contribution in [1.82, 2.24) is 0 Å². The molecule has 0 radical (unpaired) electrons. The van der Waals surface area contributed by atoms with Gasteiger partial charge in [-0.25, -0.2) is 0 Å². The van der Waals surface area contributed by atoms with Crippen molar-refractivity contribution in [3.63, 3.8) is 0 Å². The highest BCUT2D eigenvalue weighted by molar-refractivity contribution is 7.01. The summed E-state index contributed by atoms with van der Waals surface area (Å²) in [5.74, 6) is 0. The number of hydrogen-bond acceptors (Lipinski definition) is 7. The Labute approximate surface area is 892 Å². The molecule has 2 aromatic heterocycles. The quantitative estimate of drug-likeness (QED) is 0.126. The molecule has 3 unspecified atom stereocenters. The molecule has 0 spiro atoms. The molecule has 3 atom stereocenters. The van der Waals surface area contributed by atoms with Gasteiger partial charge in [0.1, 0.15) is 11.2 Å². The SMILES string of the molecule is Cc1cc2c3c(c1)N(c1ccc(C(C)(C)C)cc1)c1c(oc4cc5c(cc14)C1(C)CCC5(CCC4(C)CCC(C)(C)c5cc(N(c6ccccc6)c6cc7c8c(c6)N(c6ccc(C(C)(C)C)cc6)c6c(oc9cc%10c(cc69)C(C)(C)CCC%10(C)C)B8c6cc8c(cc6N7c6ccc7c(c6)C(C)(C)CCC7(C)C)C(C)(C)CCC8(C)C)ccc54)C1)B3c1cc3c(cc1N2c1ccc2c(c1)C(C)(C)CCC2(C)C)C(C)(C)CCC3(C)C. The second kappa shape index (κ2) is 31.1. The van der Waals surface area contributed by atoms with Crippen LogP contribution in [0.5, 0.6) is 0 Å². The molecule has 12 aromatic carbocycles. The Morgan fingerprint density at radius 2 is 0.624 bits per heavy atom. The topological polar surface area (TPSA) is 42.5 Å². The smallest absolute Gasteiger partial charge is 0.297 e. The van der Waals surface area contributed by atoms with Gasteiger partial charge in [-0.1, -0.05) is 281 Å². The van der Waals surface area contributed by atoms with Gasteiger partial charge in [-0.15, -0.1) is 0 Å². The van der Waals surface area contributed by atoms with E-state index in [0.717, 1.165) is 135 Å². The van der Waals surface area contributed by atoms with Gasteiger partial charge in [0.25, 0.3) is 13.4 Å². The molecule has 0 saturated heterocycles. The van der Waals surface area contributed by atoms with E-state index < -0.39 is 0 Å². The van der Waals surface area contributed by atoms with Crippen molar-refractivity contribution in [3.05, 3.63) is 301 Å². The van der Waals surface area contributed by atoms with Crippen LogP contribution in [0.1, 0.15) is 411 Å². The Morgan fingerprint density at radius 1 is 0.275 bits per heavy atom. The van der Waals surface area contributed by atoms with Crippen LogP contribution in [0.3, 0.4) is 0 Å². The minimum atomic E-state index is -0.258. The van der Waals surface area contributed by atoms with Crippen molar-refractivity contribution in [2.75, 3.05) is 24.5 Å². The van der Waals surface area contributed by atoms with Gasteiger partial charge < -0.3 is 33.3 Å². The van der Waals surface area contributed by atoms with Crippen LogP contribution in [-0.2, 0) is 86.6 Å². The predicted octanol–water partition coefficient (Wildman–Crippen LogP) is 35.0. The van der Waals surface area contributed by atoms with Crippen molar-refractivity contribution in [2.24, 2.45) is 0 Å². The largest absolute Gasteiger partial charge is 0.468 e. The van der Waals surface area contributed by atoms with E-state index in [1.807, 2.05) is 0 Å². The third kappa shape index (κ3) is 14.3. The number of furan rings is 2. The van der Waals surface area contributed by atoms with E-state index in [2.05, 4.69) is 445 Å². The Hall–Kier alpha value is -11.2. The van der Waals surface area contributed by atoms with E-state index in [0.29, 0.717) is 0 Å². The molecule has 12 aliphatic rings. The van der Waals surface area contributed by atoms with Gasteiger partial charge in [-0.3, -0.25) is 0 Å². The monoisotopic (exact) mass is 1970 g/mol. The molecule has 2 bridgehead atoms. The summed E-state index contributed by atoms with van der Waals surface area (Å²) in [6.07, 6.45) is 19.2. The van der Waals surface area contributed by atoms with E-state index in [9.17, 15) is 0 Å². The first kappa shape index (κ1) is 97.3. The van der Waals surface area contributed by atoms with Gasteiger partial charge in [-0.2, -0.15) is 0 Å². The fourth-order valence-electron chi connectivity index (χ4n) is 31.8. The molecule has 7 nitrogen and oxygen atoms in total. The van der Waals surface area contributed by atoms with Crippen LogP contribution < -0.4 is 57.7 Å². The van der Waals surface area contributed by atoms with Crippen LogP contribution >= 0.6 is 0 Å². The zero-order chi connectivity index (χ0) is 105. The van der Waals surface area contributed by atoms with Gasteiger partial charge in [0.05, 0.1) is 28.4 Å². The fraction of sp³-hybridized carbons (Fsp3) is 0.457. The molecule has 14 aromatic rings. The third-order valence-corrected chi connectivity index (χ3v) is 42.2. The molecule has 26 rings (SSSR count). The molecular formula is C140H161B2N5O2. The maximum absolute atomic E-state index is 8.22.